The van der Waals surface area contributed by atoms with Crippen LogP contribution in [0.1, 0.15) is 18.9 Å². The minimum Gasteiger partial charge on any atom is -0.328 e. The molecule has 1 aliphatic heterocycles. The van der Waals surface area contributed by atoms with Gasteiger partial charge in [0.15, 0.2) is 0 Å². The molecule has 0 bridgehead atoms. The number of hydrogen-bond acceptors (Lipinski definition) is 2. The Morgan fingerprint density at radius 3 is 2.94 bits per heavy atom. The standard InChI is InChI=1S/C13H18BrClN2/c1-9(16)10-4-5-17(7-10)8-11-2-3-12(14)6-13(11)15/h2-3,6,9-10H,4-5,7-8,16H2,1H3. The molecule has 0 saturated carbocycles. The van der Waals surface area contributed by atoms with E-state index in [1.807, 2.05) is 12.1 Å². The minimum absolute atomic E-state index is 0.292. The van der Waals surface area contributed by atoms with E-state index < -0.39 is 0 Å². The van der Waals surface area contributed by atoms with E-state index in [1.54, 1.807) is 0 Å². The Hall–Kier alpha value is -0.0900. The third kappa shape index (κ3) is 3.44. The van der Waals surface area contributed by atoms with Gasteiger partial charge < -0.3 is 5.73 Å². The molecule has 0 spiro atoms. The van der Waals surface area contributed by atoms with Gasteiger partial charge >= 0.3 is 0 Å². The average Bonchev–Trinajstić information content (AvgIpc) is 2.71. The van der Waals surface area contributed by atoms with Crippen molar-refractivity contribution in [1.29, 1.82) is 0 Å². The van der Waals surface area contributed by atoms with Gasteiger partial charge in [0.1, 0.15) is 0 Å². The number of rotatable bonds is 3. The highest BCUT2D eigenvalue weighted by Crippen LogP contribution is 2.25. The van der Waals surface area contributed by atoms with Crippen molar-refractivity contribution < 1.29 is 0 Å². The minimum atomic E-state index is 0.292. The highest BCUT2D eigenvalue weighted by molar-refractivity contribution is 9.10. The summed E-state index contributed by atoms with van der Waals surface area (Å²) in [5, 5.41) is 0.837. The summed E-state index contributed by atoms with van der Waals surface area (Å²) in [6, 6.07) is 6.38. The molecule has 2 nitrogen and oxygen atoms in total. The molecule has 94 valence electrons. The monoisotopic (exact) mass is 316 g/mol. The summed E-state index contributed by atoms with van der Waals surface area (Å²) in [5.74, 6) is 0.629. The average molecular weight is 318 g/mol. The molecule has 17 heavy (non-hydrogen) atoms. The molecule has 0 radical (unpaired) electrons. The summed E-state index contributed by atoms with van der Waals surface area (Å²) in [7, 11) is 0. The second kappa shape index (κ2) is 5.70. The lowest BCUT2D eigenvalue weighted by Gasteiger charge is -2.18. The molecule has 2 rings (SSSR count). The Kier molecular flexibility index (Phi) is 4.47. The number of benzene rings is 1. The second-order valence-corrected chi connectivity index (χ2v) is 6.20. The van der Waals surface area contributed by atoms with Crippen molar-refractivity contribution in [3.8, 4) is 0 Å². The molecule has 1 aromatic rings. The van der Waals surface area contributed by atoms with Crippen molar-refractivity contribution in [1.82, 2.24) is 4.90 Å². The first-order valence-corrected chi connectivity index (χ1v) is 7.15. The van der Waals surface area contributed by atoms with Crippen molar-refractivity contribution in [3.05, 3.63) is 33.3 Å². The van der Waals surface area contributed by atoms with Gasteiger partial charge in [0.25, 0.3) is 0 Å². The fourth-order valence-electron chi connectivity index (χ4n) is 2.33. The molecule has 1 saturated heterocycles. The quantitative estimate of drug-likeness (QED) is 0.927. The van der Waals surface area contributed by atoms with Crippen LogP contribution < -0.4 is 5.73 Å². The number of likely N-dealkylation sites (tertiary alicyclic amines) is 1. The molecule has 0 amide bonds. The lowest BCUT2D eigenvalue weighted by Crippen LogP contribution is -2.29. The smallest absolute Gasteiger partial charge is 0.0462 e. The van der Waals surface area contributed by atoms with Gasteiger partial charge in [0, 0.05) is 28.6 Å². The molecule has 1 fully saturated rings. The van der Waals surface area contributed by atoms with Crippen LogP contribution in [0.4, 0.5) is 0 Å². The Morgan fingerprint density at radius 1 is 1.59 bits per heavy atom. The predicted octanol–water partition coefficient (Wildman–Crippen LogP) is 3.27. The molecule has 1 aliphatic rings. The first-order valence-electron chi connectivity index (χ1n) is 5.98. The first-order chi connectivity index (χ1) is 8.06. The normalized spacial score (nSPS) is 22.9. The van der Waals surface area contributed by atoms with Gasteiger partial charge in [-0.2, -0.15) is 0 Å². The molecule has 4 heteroatoms. The maximum absolute atomic E-state index is 6.23. The lowest BCUT2D eigenvalue weighted by molar-refractivity contribution is 0.308. The van der Waals surface area contributed by atoms with Crippen molar-refractivity contribution in [2.75, 3.05) is 13.1 Å². The number of hydrogen-bond donors (Lipinski definition) is 1. The van der Waals surface area contributed by atoms with Gasteiger partial charge in [0.2, 0.25) is 0 Å². The predicted molar refractivity (Wildman–Crippen MR) is 76.2 cm³/mol. The van der Waals surface area contributed by atoms with Crippen LogP contribution in [0.3, 0.4) is 0 Å². The third-order valence-corrected chi connectivity index (χ3v) is 4.31. The Bertz CT molecular complexity index is 395. The summed E-state index contributed by atoms with van der Waals surface area (Å²) in [6.45, 7) is 5.23. The van der Waals surface area contributed by atoms with Gasteiger partial charge in [-0.05, 0) is 43.5 Å². The van der Waals surface area contributed by atoms with Gasteiger partial charge in [-0.1, -0.05) is 33.6 Å². The largest absolute Gasteiger partial charge is 0.328 e. The van der Waals surface area contributed by atoms with Crippen molar-refractivity contribution in [2.24, 2.45) is 11.7 Å². The van der Waals surface area contributed by atoms with Crippen LogP contribution in [0.2, 0.25) is 5.02 Å². The van der Waals surface area contributed by atoms with Crippen LogP contribution in [-0.4, -0.2) is 24.0 Å². The van der Waals surface area contributed by atoms with Crippen LogP contribution >= 0.6 is 27.5 Å². The van der Waals surface area contributed by atoms with Gasteiger partial charge in [-0.3, -0.25) is 4.90 Å². The van der Waals surface area contributed by atoms with Crippen LogP contribution in [0.25, 0.3) is 0 Å². The zero-order valence-electron chi connectivity index (χ0n) is 10.00. The lowest BCUT2D eigenvalue weighted by atomic mass is 10.0. The van der Waals surface area contributed by atoms with Crippen LogP contribution in [0.15, 0.2) is 22.7 Å². The summed E-state index contributed by atoms with van der Waals surface area (Å²) >= 11 is 9.65. The maximum atomic E-state index is 6.23. The number of halogens is 2. The van der Waals surface area contributed by atoms with E-state index in [0.717, 1.165) is 29.1 Å². The maximum Gasteiger partial charge on any atom is 0.0462 e. The Balaban J connectivity index is 1.98. The van der Waals surface area contributed by atoms with Crippen LogP contribution in [-0.2, 0) is 6.54 Å². The first kappa shape index (κ1) is 13.3. The highest BCUT2D eigenvalue weighted by Gasteiger charge is 2.25. The van der Waals surface area contributed by atoms with E-state index in [-0.39, 0.29) is 0 Å². The Morgan fingerprint density at radius 2 is 2.35 bits per heavy atom. The molecule has 0 aliphatic carbocycles. The van der Waals surface area contributed by atoms with Crippen molar-refractivity contribution in [3.63, 3.8) is 0 Å². The molecule has 1 heterocycles. The topological polar surface area (TPSA) is 29.3 Å². The summed E-state index contributed by atoms with van der Waals surface area (Å²) < 4.78 is 1.03. The number of nitrogens with zero attached hydrogens (tertiary/aromatic N) is 1. The summed E-state index contributed by atoms with van der Waals surface area (Å²) in [5.41, 5.74) is 7.14. The zero-order chi connectivity index (χ0) is 12.4. The summed E-state index contributed by atoms with van der Waals surface area (Å²) in [4.78, 5) is 2.43. The molecular formula is C13H18BrClN2. The van der Waals surface area contributed by atoms with E-state index in [4.69, 9.17) is 17.3 Å². The molecule has 2 unspecified atom stereocenters. The highest BCUT2D eigenvalue weighted by atomic mass is 79.9. The zero-order valence-corrected chi connectivity index (χ0v) is 12.3. The van der Waals surface area contributed by atoms with Crippen molar-refractivity contribution >= 4 is 27.5 Å². The van der Waals surface area contributed by atoms with E-state index in [2.05, 4.69) is 33.8 Å². The van der Waals surface area contributed by atoms with E-state index in [1.165, 1.54) is 12.0 Å². The molecular weight excluding hydrogens is 300 g/mol. The fourth-order valence-corrected chi connectivity index (χ4v) is 3.06. The Labute approximate surface area is 116 Å². The van der Waals surface area contributed by atoms with E-state index >= 15 is 0 Å². The number of nitrogens with two attached hydrogens (primary N) is 1. The molecule has 1 aromatic carbocycles. The van der Waals surface area contributed by atoms with Gasteiger partial charge in [0.05, 0.1) is 0 Å². The summed E-state index contributed by atoms with van der Waals surface area (Å²) in [6.07, 6.45) is 1.20. The van der Waals surface area contributed by atoms with Crippen LogP contribution in [0.5, 0.6) is 0 Å². The van der Waals surface area contributed by atoms with Gasteiger partial charge in [-0.25, -0.2) is 0 Å². The van der Waals surface area contributed by atoms with Crippen molar-refractivity contribution in [2.45, 2.75) is 25.9 Å². The molecule has 0 aromatic heterocycles. The second-order valence-electron chi connectivity index (χ2n) is 4.88. The third-order valence-electron chi connectivity index (χ3n) is 3.46. The van der Waals surface area contributed by atoms with E-state index in [9.17, 15) is 0 Å². The molecule has 2 N–H and O–H groups in total. The molecule has 2 atom stereocenters. The SMILES string of the molecule is CC(N)C1CCN(Cc2ccc(Br)cc2Cl)C1. The van der Waals surface area contributed by atoms with Gasteiger partial charge in [-0.15, -0.1) is 0 Å². The fraction of sp³-hybridized carbons (Fsp3) is 0.538. The van der Waals surface area contributed by atoms with Crippen LogP contribution in [0, 0.1) is 5.92 Å². The van der Waals surface area contributed by atoms with E-state index in [0.29, 0.717) is 12.0 Å².